The molecule has 8 heteroatoms. The summed E-state index contributed by atoms with van der Waals surface area (Å²) in [6.07, 6.45) is 2.23. The van der Waals surface area contributed by atoms with Crippen molar-refractivity contribution in [3.05, 3.63) is 40.2 Å². The van der Waals surface area contributed by atoms with Crippen molar-refractivity contribution in [1.82, 2.24) is 24.6 Å². The Balaban J connectivity index is 1.88. The molecule has 7 nitrogen and oxygen atoms in total. The Hall–Kier alpha value is -1.99. The van der Waals surface area contributed by atoms with Gasteiger partial charge < -0.3 is 10.0 Å². The topological polar surface area (TPSA) is 84.1 Å². The molecule has 0 unspecified atom stereocenters. The summed E-state index contributed by atoms with van der Waals surface area (Å²) in [6, 6.07) is 1.82. The van der Waals surface area contributed by atoms with Crippen LogP contribution in [0, 0.1) is 6.92 Å². The molecule has 0 saturated heterocycles. The maximum atomic E-state index is 12.7. The lowest BCUT2D eigenvalue weighted by molar-refractivity contribution is 0.0739. The van der Waals surface area contributed by atoms with E-state index in [2.05, 4.69) is 15.1 Å². The Morgan fingerprint density at radius 3 is 3.05 bits per heavy atom. The SMILES string of the molecule is Cc1ncc(Cl)c(C(=O)N2CCCn3nc(CO)cc3C2)n1. The van der Waals surface area contributed by atoms with E-state index in [9.17, 15) is 9.90 Å². The second kappa shape index (κ2) is 6.02. The van der Waals surface area contributed by atoms with Crippen LogP contribution < -0.4 is 0 Å². The van der Waals surface area contributed by atoms with Gasteiger partial charge in [-0.2, -0.15) is 5.10 Å². The number of rotatable bonds is 2. The summed E-state index contributed by atoms with van der Waals surface area (Å²) in [5, 5.41) is 13.7. The first kappa shape index (κ1) is 14.9. The Morgan fingerprint density at radius 2 is 2.27 bits per heavy atom. The molecular weight excluding hydrogens is 306 g/mol. The van der Waals surface area contributed by atoms with Crippen LogP contribution in [0.4, 0.5) is 0 Å². The maximum absolute atomic E-state index is 12.7. The van der Waals surface area contributed by atoms with Crippen molar-refractivity contribution >= 4 is 17.5 Å². The van der Waals surface area contributed by atoms with Crippen molar-refractivity contribution in [3.63, 3.8) is 0 Å². The highest BCUT2D eigenvalue weighted by Gasteiger charge is 2.24. The maximum Gasteiger partial charge on any atom is 0.274 e. The Bertz CT molecular complexity index is 715. The number of hydrogen-bond acceptors (Lipinski definition) is 5. The van der Waals surface area contributed by atoms with Gasteiger partial charge in [0.2, 0.25) is 0 Å². The molecule has 1 aliphatic rings. The fourth-order valence-corrected chi connectivity index (χ4v) is 2.70. The number of carbonyl (C=O) groups excluding carboxylic acids is 1. The minimum Gasteiger partial charge on any atom is -0.390 e. The molecule has 0 saturated carbocycles. The van der Waals surface area contributed by atoms with Gasteiger partial charge in [-0.1, -0.05) is 11.6 Å². The summed E-state index contributed by atoms with van der Waals surface area (Å²) >= 11 is 6.05. The minimum absolute atomic E-state index is 0.106. The molecular formula is C14H16ClN5O2. The number of nitrogens with zero attached hydrogens (tertiary/aromatic N) is 5. The first-order valence-electron chi connectivity index (χ1n) is 7.03. The van der Waals surface area contributed by atoms with E-state index in [1.165, 1.54) is 6.20 Å². The third-order valence-electron chi connectivity index (χ3n) is 3.58. The van der Waals surface area contributed by atoms with Crippen LogP contribution in [0.2, 0.25) is 5.02 Å². The zero-order valence-electron chi connectivity index (χ0n) is 12.2. The smallest absolute Gasteiger partial charge is 0.274 e. The van der Waals surface area contributed by atoms with Crippen molar-refractivity contribution < 1.29 is 9.90 Å². The summed E-state index contributed by atoms with van der Waals surface area (Å²) in [5.41, 5.74) is 1.74. The van der Waals surface area contributed by atoms with Gasteiger partial charge in [0.1, 0.15) is 5.82 Å². The normalized spacial score (nSPS) is 14.6. The lowest BCUT2D eigenvalue weighted by Gasteiger charge is -2.20. The van der Waals surface area contributed by atoms with E-state index in [4.69, 9.17) is 11.6 Å². The molecule has 0 aromatic carbocycles. The highest BCUT2D eigenvalue weighted by atomic mass is 35.5. The Labute approximate surface area is 132 Å². The molecule has 0 fully saturated rings. The first-order chi connectivity index (χ1) is 10.6. The summed E-state index contributed by atoms with van der Waals surface area (Å²) in [7, 11) is 0. The molecule has 0 spiro atoms. The molecule has 0 bridgehead atoms. The lowest BCUT2D eigenvalue weighted by Crippen LogP contribution is -2.31. The Kier molecular flexibility index (Phi) is 4.08. The molecule has 2 aromatic heterocycles. The molecule has 3 rings (SSSR count). The van der Waals surface area contributed by atoms with Crippen LogP contribution in [0.1, 0.15) is 34.1 Å². The highest BCUT2D eigenvalue weighted by molar-refractivity contribution is 6.33. The van der Waals surface area contributed by atoms with Gasteiger partial charge in [-0.25, -0.2) is 9.97 Å². The van der Waals surface area contributed by atoms with Crippen LogP contribution in [0.25, 0.3) is 0 Å². The van der Waals surface area contributed by atoms with E-state index >= 15 is 0 Å². The number of halogens is 1. The van der Waals surface area contributed by atoms with Crippen molar-refractivity contribution in [3.8, 4) is 0 Å². The van der Waals surface area contributed by atoms with Gasteiger partial charge in [0.05, 0.1) is 35.8 Å². The van der Waals surface area contributed by atoms with E-state index in [0.717, 1.165) is 18.7 Å². The fourth-order valence-electron chi connectivity index (χ4n) is 2.53. The number of aliphatic hydroxyl groups excluding tert-OH is 1. The summed E-state index contributed by atoms with van der Waals surface area (Å²) < 4.78 is 1.84. The molecule has 1 aliphatic heterocycles. The van der Waals surface area contributed by atoms with Crippen LogP contribution in [0.5, 0.6) is 0 Å². The van der Waals surface area contributed by atoms with Gasteiger partial charge in [-0.05, 0) is 19.4 Å². The van der Waals surface area contributed by atoms with Crippen molar-refractivity contribution in [2.45, 2.75) is 33.0 Å². The van der Waals surface area contributed by atoms with Gasteiger partial charge in [-0.15, -0.1) is 0 Å². The van der Waals surface area contributed by atoms with Crippen molar-refractivity contribution in [2.24, 2.45) is 0 Å². The van der Waals surface area contributed by atoms with E-state index in [0.29, 0.717) is 24.6 Å². The van der Waals surface area contributed by atoms with E-state index in [1.54, 1.807) is 11.8 Å². The molecule has 0 atom stereocenters. The summed E-state index contributed by atoms with van der Waals surface area (Å²) in [4.78, 5) is 22.5. The van der Waals surface area contributed by atoms with E-state index < -0.39 is 0 Å². The monoisotopic (exact) mass is 321 g/mol. The molecule has 1 amide bonds. The van der Waals surface area contributed by atoms with E-state index in [1.807, 2.05) is 10.7 Å². The molecule has 22 heavy (non-hydrogen) atoms. The summed E-state index contributed by atoms with van der Waals surface area (Å²) in [6.45, 7) is 3.36. The van der Waals surface area contributed by atoms with Crippen LogP contribution in [-0.4, -0.2) is 42.2 Å². The second-order valence-corrected chi connectivity index (χ2v) is 5.61. The minimum atomic E-state index is -0.212. The van der Waals surface area contributed by atoms with Gasteiger partial charge in [0, 0.05) is 13.1 Å². The summed E-state index contributed by atoms with van der Waals surface area (Å²) in [5.74, 6) is 0.297. The zero-order chi connectivity index (χ0) is 15.7. The number of amides is 1. The van der Waals surface area contributed by atoms with Crippen LogP contribution in [0.15, 0.2) is 12.3 Å². The largest absolute Gasteiger partial charge is 0.390 e. The van der Waals surface area contributed by atoms with Crippen LogP contribution in [0.3, 0.4) is 0 Å². The number of hydrogen-bond donors (Lipinski definition) is 1. The Morgan fingerprint density at radius 1 is 1.45 bits per heavy atom. The lowest BCUT2D eigenvalue weighted by atomic mass is 10.3. The predicted molar refractivity (Wildman–Crippen MR) is 79.3 cm³/mol. The average Bonchev–Trinajstić information content (AvgIpc) is 2.80. The molecule has 116 valence electrons. The molecule has 1 N–H and O–H groups in total. The third kappa shape index (κ3) is 2.82. The predicted octanol–water partition coefficient (Wildman–Crippen LogP) is 1.17. The number of fused-ring (bicyclic) bond motifs is 1. The molecule has 0 radical (unpaired) electrons. The molecule has 0 aliphatic carbocycles. The van der Waals surface area contributed by atoms with Crippen molar-refractivity contribution in [2.75, 3.05) is 6.54 Å². The number of aliphatic hydroxyl groups is 1. The number of aromatic nitrogens is 4. The number of carbonyl (C=O) groups is 1. The van der Waals surface area contributed by atoms with Gasteiger partial charge >= 0.3 is 0 Å². The van der Waals surface area contributed by atoms with Gasteiger partial charge in [0.25, 0.3) is 5.91 Å². The average molecular weight is 322 g/mol. The van der Waals surface area contributed by atoms with Crippen LogP contribution >= 0.6 is 11.6 Å². The van der Waals surface area contributed by atoms with Gasteiger partial charge in [-0.3, -0.25) is 9.48 Å². The second-order valence-electron chi connectivity index (χ2n) is 5.20. The number of aryl methyl sites for hydroxylation is 2. The first-order valence-corrected chi connectivity index (χ1v) is 7.41. The quantitative estimate of drug-likeness (QED) is 0.897. The van der Waals surface area contributed by atoms with Gasteiger partial charge in [0.15, 0.2) is 5.69 Å². The fraction of sp³-hybridized carbons (Fsp3) is 0.429. The standard InChI is InChI=1S/C14H16ClN5O2/c1-9-16-6-12(15)13(17-9)14(22)19-3-2-4-20-11(7-19)5-10(8-21)18-20/h5-6,21H,2-4,7-8H2,1H3. The highest BCUT2D eigenvalue weighted by Crippen LogP contribution is 2.19. The zero-order valence-corrected chi connectivity index (χ0v) is 12.9. The van der Waals surface area contributed by atoms with Crippen LogP contribution in [-0.2, 0) is 19.7 Å². The molecule has 2 aromatic rings. The van der Waals surface area contributed by atoms with Crippen molar-refractivity contribution in [1.29, 1.82) is 0 Å². The van der Waals surface area contributed by atoms with E-state index in [-0.39, 0.29) is 23.2 Å². The molecule has 3 heterocycles. The third-order valence-corrected chi connectivity index (χ3v) is 3.86.